The molecule has 1 heterocycles. The van der Waals surface area contributed by atoms with E-state index in [1.165, 1.54) is 24.3 Å². The van der Waals surface area contributed by atoms with Crippen LogP contribution in [0.1, 0.15) is 24.0 Å². The van der Waals surface area contributed by atoms with E-state index in [0.29, 0.717) is 31.5 Å². The highest BCUT2D eigenvalue weighted by Gasteiger charge is 2.26. The molecule has 0 N–H and O–H groups in total. The molecule has 0 aliphatic carbocycles. The Morgan fingerprint density at radius 3 is 2.29 bits per heavy atom. The molecule has 0 bridgehead atoms. The lowest BCUT2D eigenvalue weighted by Crippen LogP contribution is -2.39. The van der Waals surface area contributed by atoms with Crippen LogP contribution in [0.4, 0.5) is 10.5 Å². The van der Waals surface area contributed by atoms with E-state index < -0.39 is 21.1 Å². The molecule has 10 heteroatoms. The van der Waals surface area contributed by atoms with Crippen molar-refractivity contribution >= 4 is 21.9 Å². The Labute approximate surface area is 180 Å². The summed E-state index contributed by atoms with van der Waals surface area (Å²) in [4.78, 5) is 24.1. The van der Waals surface area contributed by atoms with Crippen molar-refractivity contribution in [3.05, 3.63) is 69.8 Å². The van der Waals surface area contributed by atoms with Gasteiger partial charge in [0.2, 0.25) is 0 Å². The number of carbonyl (C=O) groups is 1. The third-order valence-corrected chi connectivity index (χ3v) is 6.45. The highest BCUT2D eigenvalue weighted by Crippen LogP contribution is 2.21. The maximum absolute atomic E-state index is 12.3. The summed E-state index contributed by atoms with van der Waals surface area (Å²) in [5, 5.41) is 10.7. The third kappa shape index (κ3) is 6.25. The van der Waals surface area contributed by atoms with Crippen LogP contribution in [0.25, 0.3) is 0 Å². The van der Waals surface area contributed by atoms with Gasteiger partial charge in [0.25, 0.3) is 15.8 Å². The molecule has 31 heavy (non-hydrogen) atoms. The first kappa shape index (κ1) is 22.7. The quantitative estimate of drug-likeness (QED) is 0.360. The number of hydrogen-bond acceptors (Lipinski definition) is 7. The summed E-state index contributed by atoms with van der Waals surface area (Å²) in [6.45, 7) is 2.86. The van der Waals surface area contributed by atoms with Gasteiger partial charge in [-0.15, -0.1) is 0 Å². The van der Waals surface area contributed by atoms with Gasteiger partial charge in [0.1, 0.15) is 6.61 Å². The number of nitro groups is 1. The second-order valence-corrected chi connectivity index (χ2v) is 9.08. The SMILES string of the molecule is Cc1ccc(S(=O)(=O)OCC2CCN(C(=O)OCc3ccc([N+](=O)[O-])cc3)CC2)cc1. The fourth-order valence-electron chi connectivity index (χ4n) is 3.19. The molecule has 2 aromatic rings. The first-order valence-electron chi connectivity index (χ1n) is 9.86. The van der Waals surface area contributed by atoms with Gasteiger partial charge in [0, 0.05) is 25.2 Å². The summed E-state index contributed by atoms with van der Waals surface area (Å²) in [7, 11) is -3.80. The zero-order valence-electron chi connectivity index (χ0n) is 17.1. The van der Waals surface area contributed by atoms with Gasteiger partial charge in [-0.25, -0.2) is 4.79 Å². The maximum Gasteiger partial charge on any atom is 0.410 e. The van der Waals surface area contributed by atoms with Gasteiger partial charge in [0.05, 0.1) is 16.4 Å². The van der Waals surface area contributed by atoms with Crippen LogP contribution in [0.3, 0.4) is 0 Å². The summed E-state index contributed by atoms with van der Waals surface area (Å²) < 4.78 is 35.1. The monoisotopic (exact) mass is 448 g/mol. The zero-order valence-corrected chi connectivity index (χ0v) is 17.9. The van der Waals surface area contributed by atoms with Crippen molar-refractivity contribution in [3.8, 4) is 0 Å². The van der Waals surface area contributed by atoms with Crippen molar-refractivity contribution in [1.82, 2.24) is 4.90 Å². The van der Waals surface area contributed by atoms with Crippen LogP contribution in [-0.4, -0.2) is 44.0 Å². The Balaban J connectivity index is 1.42. The number of nitrogens with zero attached hydrogens (tertiary/aromatic N) is 2. The minimum atomic E-state index is -3.80. The molecule has 1 saturated heterocycles. The van der Waals surface area contributed by atoms with Gasteiger partial charge < -0.3 is 9.64 Å². The summed E-state index contributed by atoms with van der Waals surface area (Å²) in [6, 6.07) is 12.3. The van der Waals surface area contributed by atoms with Gasteiger partial charge in [-0.3, -0.25) is 14.3 Å². The molecule has 9 nitrogen and oxygen atoms in total. The number of piperidine rings is 1. The van der Waals surface area contributed by atoms with E-state index in [0.717, 1.165) is 5.56 Å². The lowest BCUT2D eigenvalue weighted by Gasteiger charge is -2.31. The van der Waals surface area contributed by atoms with Crippen LogP contribution >= 0.6 is 0 Å². The topological polar surface area (TPSA) is 116 Å². The number of nitro benzene ring substituents is 1. The predicted octanol–water partition coefficient (Wildman–Crippen LogP) is 3.66. The molecule has 0 spiro atoms. The minimum Gasteiger partial charge on any atom is -0.445 e. The smallest absolute Gasteiger partial charge is 0.410 e. The maximum atomic E-state index is 12.3. The van der Waals surface area contributed by atoms with Crippen LogP contribution in [0.15, 0.2) is 53.4 Å². The molecule has 0 atom stereocenters. The van der Waals surface area contributed by atoms with E-state index in [-0.39, 0.29) is 29.7 Å². The Morgan fingerprint density at radius 1 is 1.10 bits per heavy atom. The molecular weight excluding hydrogens is 424 g/mol. The van der Waals surface area contributed by atoms with Gasteiger partial charge in [-0.1, -0.05) is 17.7 Å². The second kappa shape index (κ2) is 9.88. The average Bonchev–Trinajstić information content (AvgIpc) is 2.77. The number of hydrogen-bond donors (Lipinski definition) is 0. The van der Waals surface area contributed by atoms with Crippen LogP contribution in [0, 0.1) is 23.0 Å². The molecule has 0 aromatic heterocycles. The van der Waals surface area contributed by atoms with Crippen molar-refractivity contribution in [2.75, 3.05) is 19.7 Å². The molecule has 1 aliphatic heterocycles. The predicted molar refractivity (Wildman–Crippen MR) is 112 cm³/mol. The van der Waals surface area contributed by atoms with E-state index in [1.54, 1.807) is 29.2 Å². The number of ether oxygens (including phenoxy) is 1. The summed E-state index contributed by atoms with van der Waals surface area (Å²) in [5.41, 5.74) is 1.60. The lowest BCUT2D eigenvalue weighted by molar-refractivity contribution is -0.384. The Bertz CT molecular complexity index is 1010. The molecule has 166 valence electrons. The fourth-order valence-corrected chi connectivity index (χ4v) is 4.17. The Hall–Kier alpha value is -2.98. The van der Waals surface area contributed by atoms with Gasteiger partial charge in [-0.2, -0.15) is 8.42 Å². The molecule has 3 rings (SSSR count). The van der Waals surface area contributed by atoms with Crippen LogP contribution in [0.2, 0.25) is 0 Å². The van der Waals surface area contributed by atoms with Gasteiger partial charge in [0.15, 0.2) is 0 Å². The van der Waals surface area contributed by atoms with Gasteiger partial charge in [-0.05, 0) is 55.5 Å². The van der Waals surface area contributed by atoms with E-state index in [4.69, 9.17) is 8.92 Å². The number of likely N-dealkylation sites (tertiary alicyclic amines) is 1. The highest BCUT2D eigenvalue weighted by atomic mass is 32.2. The zero-order chi connectivity index (χ0) is 22.4. The van der Waals surface area contributed by atoms with Crippen LogP contribution < -0.4 is 0 Å². The van der Waals surface area contributed by atoms with Crippen molar-refractivity contribution in [2.45, 2.75) is 31.3 Å². The van der Waals surface area contributed by atoms with E-state index in [1.807, 2.05) is 6.92 Å². The van der Waals surface area contributed by atoms with E-state index in [2.05, 4.69) is 0 Å². The molecule has 0 saturated carbocycles. The normalized spacial score (nSPS) is 14.9. The van der Waals surface area contributed by atoms with Crippen molar-refractivity contribution in [2.24, 2.45) is 5.92 Å². The number of non-ortho nitro benzene ring substituents is 1. The first-order chi connectivity index (χ1) is 14.7. The Morgan fingerprint density at radius 2 is 1.71 bits per heavy atom. The highest BCUT2D eigenvalue weighted by molar-refractivity contribution is 7.86. The number of aryl methyl sites for hydroxylation is 1. The molecule has 0 radical (unpaired) electrons. The van der Waals surface area contributed by atoms with E-state index in [9.17, 15) is 23.3 Å². The van der Waals surface area contributed by atoms with Crippen LogP contribution in [-0.2, 0) is 25.6 Å². The molecule has 1 aliphatic rings. The molecule has 1 fully saturated rings. The summed E-state index contributed by atoms with van der Waals surface area (Å²) >= 11 is 0. The number of benzene rings is 2. The Kier molecular flexibility index (Phi) is 7.24. The molecule has 1 amide bonds. The summed E-state index contributed by atoms with van der Waals surface area (Å²) in [6.07, 6.45) is 0.747. The van der Waals surface area contributed by atoms with Crippen LogP contribution in [0.5, 0.6) is 0 Å². The third-order valence-electron chi connectivity index (χ3n) is 5.15. The average molecular weight is 448 g/mol. The summed E-state index contributed by atoms with van der Waals surface area (Å²) in [5.74, 6) is 0.0268. The minimum absolute atomic E-state index is 0.0225. The number of carbonyl (C=O) groups excluding carboxylic acids is 1. The van der Waals surface area contributed by atoms with Crippen molar-refractivity contribution < 1.29 is 27.1 Å². The van der Waals surface area contributed by atoms with Crippen molar-refractivity contribution in [1.29, 1.82) is 0 Å². The second-order valence-electron chi connectivity index (χ2n) is 7.46. The first-order valence-corrected chi connectivity index (χ1v) is 11.3. The molecular formula is C21H24N2O7S. The largest absolute Gasteiger partial charge is 0.445 e. The lowest BCUT2D eigenvalue weighted by atomic mass is 9.98. The molecule has 0 unspecified atom stereocenters. The van der Waals surface area contributed by atoms with Gasteiger partial charge >= 0.3 is 6.09 Å². The number of amides is 1. The van der Waals surface area contributed by atoms with Crippen molar-refractivity contribution in [3.63, 3.8) is 0 Å². The molecule has 2 aromatic carbocycles. The standard InChI is InChI=1S/C21H24N2O7S/c1-16-2-8-20(9-3-16)31(27,28)30-15-18-10-12-22(13-11-18)21(24)29-14-17-4-6-19(7-5-17)23(25)26/h2-9,18H,10-15H2,1H3. The van der Waals surface area contributed by atoms with E-state index >= 15 is 0 Å². The number of rotatable bonds is 7. The fraction of sp³-hybridized carbons (Fsp3) is 0.381.